The van der Waals surface area contributed by atoms with Crippen LogP contribution in [0.5, 0.6) is 0 Å². The molecule has 0 bridgehead atoms. The number of Topliss-reactive ketones (excluding diaryl/α,β-unsaturated/α-hetero) is 1. The van der Waals surface area contributed by atoms with E-state index in [1.54, 1.807) is 66.7 Å². The van der Waals surface area contributed by atoms with Gasteiger partial charge in [-0.05, 0) is 30.3 Å². The van der Waals surface area contributed by atoms with Gasteiger partial charge in [0.15, 0.2) is 17.2 Å². The molecular formula is C23H15BrN2O3. The number of carbonyl (C=O) groups is 1. The quantitative estimate of drug-likeness (QED) is 0.483. The summed E-state index contributed by atoms with van der Waals surface area (Å²) in [6, 6.07) is 21.1. The topological polar surface area (TPSA) is 72.2 Å². The molecule has 4 aromatic rings. The van der Waals surface area contributed by atoms with Crippen LogP contribution in [0.2, 0.25) is 0 Å². The summed E-state index contributed by atoms with van der Waals surface area (Å²) in [5.74, 6) is -0.0646. The van der Waals surface area contributed by atoms with Crippen LogP contribution in [0.15, 0.2) is 82.1 Å². The van der Waals surface area contributed by atoms with Gasteiger partial charge < -0.3 is 5.11 Å². The molecule has 142 valence electrons. The van der Waals surface area contributed by atoms with Gasteiger partial charge in [-0.25, -0.2) is 4.98 Å². The molecule has 29 heavy (non-hydrogen) atoms. The van der Waals surface area contributed by atoms with E-state index in [-0.39, 0.29) is 23.6 Å². The number of fused-ring (bicyclic) bond motifs is 4. The first-order valence-electron chi connectivity index (χ1n) is 9.12. The second kappa shape index (κ2) is 6.47. The Bertz CT molecular complexity index is 1360. The van der Waals surface area contributed by atoms with E-state index in [9.17, 15) is 14.7 Å². The summed E-state index contributed by atoms with van der Waals surface area (Å²) >= 11 is 3.37. The lowest BCUT2D eigenvalue weighted by molar-refractivity contribution is 0.0562. The fraction of sp³-hybridized carbons (Fsp3) is 0.0870. The molecule has 1 aliphatic rings. The summed E-state index contributed by atoms with van der Waals surface area (Å²) in [4.78, 5) is 30.8. The average Bonchev–Trinajstić information content (AvgIpc) is 2.97. The largest absolute Gasteiger partial charge is 0.377 e. The number of ketones is 1. The summed E-state index contributed by atoms with van der Waals surface area (Å²) in [7, 11) is 0. The lowest BCUT2D eigenvalue weighted by Gasteiger charge is -2.23. The van der Waals surface area contributed by atoms with E-state index < -0.39 is 5.60 Å². The van der Waals surface area contributed by atoms with Gasteiger partial charge in [0.25, 0.3) is 5.56 Å². The summed E-state index contributed by atoms with van der Waals surface area (Å²) in [5.41, 5.74) is 0.0679. The van der Waals surface area contributed by atoms with Gasteiger partial charge in [-0.3, -0.25) is 14.2 Å². The van der Waals surface area contributed by atoms with Gasteiger partial charge in [-0.2, -0.15) is 0 Å². The molecule has 1 atom stereocenters. The smallest absolute Gasteiger partial charge is 0.266 e. The Hall–Kier alpha value is -3.09. The number of nitrogens with zero attached hydrogens (tertiary/aromatic N) is 2. The van der Waals surface area contributed by atoms with Crippen molar-refractivity contribution in [2.24, 2.45) is 0 Å². The molecule has 1 aromatic heterocycles. The van der Waals surface area contributed by atoms with Crippen molar-refractivity contribution in [2.75, 3.05) is 0 Å². The summed E-state index contributed by atoms with van der Waals surface area (Å²) in [6.45, 7) is 0. The van der Waals surface area contributed by atoms with Crippen LogP contribution in [0, 0.1) is 0 Å². The number of aromatic nitrogens is 2. The number of hydrogen-bond donors (Lipinski definition) is 1. The summed E-state index contributed by atoms with van der Waals surface area (Å²) < 4.78 is 2.20. The first kappa shape index (κ1) is 18.0. The third-order valence-corrected chi connectivity index (χ3v) is 5.79. The maximum atomic E-state index is 13.2. The number of carbonyl (C=O) groups excluding carboxylic acids is 1. The van der Waals surface area contributed by atoms with E-state index in [0.717, 1.165) is 4.47 Å². The first-order valence-corrected chi connectivity index (χ1v) is 9.92. The maximum absolute atomic E-state index is 13.2. The number of halogens is 1. The minimum Gasteiger partial charge on any atom is -0.377 e. The normalized spacial score (nSPS) is 17.2. The van der Waals surface area contributed by atoms with Crippen molar-refractivity contribution in [1.29, 1.82) is 0 Å². The fourth-order valence-corrected chi connectivity index (χ4v) is 4.34. The number of aliphatic hydroxyl groups is 1. The molecule has 3 aromatic carbocycles. The van der Waals surface area contributed by atoms with Crippen LogP contribution >= 0.6 is 15.9 Å². The predicted octanol–water partition coefficient (Wildman–Crippen LogP) is 3.97. The highest BCUT2D eigenvalue weighted by Gasteiger charge is 2.46. The highest BCUT2D eigenvalue weighted by Crippen LogP contribution is 2.42. The van der Waals surface area contributed by atoms with Crippen molar-refractivity contribution in [1.82, 2.24) is 9.55 Å². The Kier molecular flexibility index (Phi) is 4.01. The third-order valence-electron chi connectivity index (χ3n) is 5.30. The molecule has 0 aliphatic carbocycles. The van der Waals surface area contributed by atoms with E-state index in [1.165, 1.54) is 4.57 Å². The molecule has 0 spiro atoms. The highest BCUT2D eigenvalue weighted by molar-refractivity contribution is 9.10. The van der Waals surface area contributed by atoms with E-state index in [1.807, 2.05) is 6.07 Å². The van der Waals surface area contributed by atoms with E-state index in [0.29, 0.717) is 27.7 Å². The molecule has 1 aliphatic heterocycles. The van der Waals surface area contributed by atoms with Crippen LogP contribution in [0.25, 0.3) is 16.6 Å². The van der Waals surface area contributed by atoms with Crippen LogP contribution in [0.4, 0.5) is 0 Å². The Labute approximate surface area is 174 Å². The van der Waals surface area contributed by atoms with Gasteiger partial charge >= 0.3 is 0 Å². The SMILES string of the molecule is O=C(C[C@]1(O)c2ccccc2-n2c1nc1ccccc1c2=O)c1cccc(Br)c1. The molecule has 0 unspecified atom stereocenters. The van der Waals surface area contributed by atoms with Crippen molar-refractivity contribution in [3.05, 3.63) is 105 Å². The van der Waals surface area contributed by atoms with Gasteiger partial charge in [0.1, 0.15) is 0 Å². The first-order chi connectivity index (χ1) is 14.0. The Morgan fingerprint density at radius 3 is 2.62 bits per heavy atom. The number of benzene rings is 3. The van der Waals surface area contributed by atoms with Crippen molar-refractivity contribution in [2.45, 2.75) is 12.0 Å². The number of hydrogen-bond acceptors (Lipinski definition) is 4. The van der Waals surface area contributed by atoms with E-state index in [2.05, 4.69) is 20.9 Å². The molecular weight excluding hydrogens is 432 g/mol. The van der Waals surface area contributed by atoms with Gasteiger partial charge in [0.2, 0.25) is 0 Å². The van der Waals surface area contributed by atoms with Crippen LogP contribution in [0.3, 0.4) is 0 Å². The zero-order valence-electron chi connectivity index (χ0n) is 15.2. The van der Waals surface area contributed by atoms with Gasteiger partial charge in [0.05, 0.1) is 23.0 Å². The van der Waals surface area contributed by atoms with Crippen molar-refractivity contribution in [3.8, 4) is 5.69 Å². The Morgan fingerprint density at radius 1 is 1.03 bits per heavy atom. The van der Waals surface area contributed by atoms with Crippen LogP contribution < -0.4 is 5.56 Å². The van der Waals surface area contributed by atoms with Crippen LogP contribution in [-0.4, -0.2) is 20.4 Å². The zero-order valence-corrected chi connectivity index (χ0v) is 16.8. The molecule has 1 N–H and O–H groups in total. The molecule has 0 radical (unpaired) electrons. The highest BCUT2D eigenvalue weighted by atomic mass is 79.9. The summed E-state index contributed by atoms with van der Waals surface area (Å²) in [5, 5.41) is 12.2. The Morgan fingerprint density at radius 2 is 1.79 bits per heavy atom. The molecule has 0 saturated carbocycles. The molecule has 5 rings (SSSR count). The van der Waals surface area contributed by atoms with Crippen LogP contribution in [0.1, 0.15) is 28.2 Å². The number of rotatable bonds is 3. The predicted molar refractivity (Wildman–Crippen MR) is 113 cm³/mol. The lowest BCUT2D eigenvalue weighted by atomic mass is 9.87. The second-order valence-electron chi connectivity index (χ2n) is 7.08. The van der Waals surface area contributed by atoms with E-state index >= 15 is 0 Å². The molecule has 0 fully saturated rings. The monoisotopic (exact) mass is 446 g/mol. The Balaban J connectivity index is 1.74. The fourth-order valence-electron chi connectivity index (χ4n) is 3.94. The van der Waals surface area contributed by atoms with Gasteiger partial charge in [-0.15, -0.1) is 0 Å². The molecule has 2 heterocycles. The minimum atomic E-state index is -1.70. The maximum Gasteiger partial charge on any atom is 0.266 e. The standard InChI is InChI=1S/C23H15BrN2O3/c24-15-7-5-6-14(12-15)20(27)13-23(29)17-9-2-4-11-19(17)26-21(28)16-8-1-3-10-18(16)25-22(23)26/h1-12,29H,13H2/t23-/m0/s1. The third kappa shape index (κ3) is 2.68. The van der Waals surface area contributed by atoms with Gasteiger partial charge in [-0.1, -0.05) is 58.4 Å². The molecule has 0 saturated heterocycles. The second-order valence-corrected chi connectivity index (χ2v) is 8.00. The summed E-state index contributed by atoms with van der Waals surface area (Å²) in [6.07, 6.45) is -0.217. The lowest BCUT2D eigenvalue weighted by Crippen LogP contribution is -2.32. The average molecular weight is 447 g/mol. The molecule has 6 heteroatoms. The molecule has 5 nitrogen and oxygen atoms in total. The minimum absolute atomic E-state index is 0.172. The van der Waals surface area contributed by atoms with Crippen molar-refractivity contribution < 1.29 is 9.90 Å². The van der Waals surface area contributed by atoms with Crippen molar-refractivity contribution >= 4 is 32.6 Å². The zero-order chi connectivity index (χ0) is 20.2. The van der Waals surface area contributed by atoms with Crippen LogP contribution in [-0.2, 0) is 5.60 Å². The number of para-hydroxylation sites is 2. The molecule has 0 amide bonds. The van der Waals surface area contributed by atoms with Crippen molar-refractivity contribution in [3.63, 3.8) is 0 Å². The van der Waals surface area contributed by atoms with Gasteiger partial charge in [0, 0.05) is 15.6 Å². The van der Waals surface area contributed by atoms with E-state index in [4.69, 9.17) is 0 Å².